The van der Waals surface area contributed by atoms with E-state index in [1.54, 1.807) is 30.3 Å². The van der Waals surface area contributed by atoms with E-state index >= 15 is 0 Å². The summed E-state index contributed by atoms with van der Waals surface area (Å²) in [5.41, 5.74) is 4.45. The topological polar surface area (TPSA) is 46.2 Å². The van der Waals surface area contributed by atoms with E-state index in [4.69, 9.17) is 5.73 Å². The Morgan fingerprint density at radius 1 is 1.10 bits per heavy atom. The normalized spacial score (nSPS) is 14.1. The predicted molar refractivity (Wildman–Crippen MR) is 77.2 cm³/mol. The highest BCUT2D eigenvalue weighted by atomic mass is 79.9. The molecule has 106 valence electrons. The Hall–Kier alpha value is -1.30. The highest BCUT2D eigenvalue weighted by Gasteiger charge is 2.31. The Kier molecular flexibility index (Phi) is 4.52. The summed E-state index contributed by atoms with van der Waals surface area (Å²) in [5.74, 6) is -1.42. The number of rotatable bonds is 4. The second-order valence-electron chi connectivity index (χ2n) is 4.60. The summed E-state index contributed by atoms with van der Waals surface area (Å²) in [4.78, 5) is 0. The summed E-state index contributed by atoms with van der Waals surface area (Å²) in [6, 6.07) is 11.1. The van der Waals surface area contributed by atoms with Crippen molar-refractivity contribution in [3.63, 3.8) is 0 Å². The molecule has 0 heterocycles. The van der Waals surface area contributed by atoms with Crippen molar-refractivity contribution in [3.05, 3.63) is 69.7 Å². The maximum absolute atomic E-state index is 14.0. The monoisotopic (exact) mass is 341 g/mol. The third-order valence-corrected chi connectivity index (χ3v) is 3.87. The van der Waals surface area contributed by atoms with Crippen molar-refractivity contribution in [2.45, 2.75) is 12.0 Å². The number of aliphatic hydroxyl groups is 1. The number of benzene rings is 2. The van der Waals surface area contributed by atoms with Gasteiger partial charge in [0.25, 0.3) is 0 Å². The van der Waals surface area contributed by atoms with E-state index in [0.717, 1.165) is 6.07 Å². The lowest BCUT2D eigenvalue weighted by Gasteiger charge is -2.27. The van der Waals surface area contributed by atoms with Crippen LogP contribution in [0.3, 0.4) is 0 Å². The molecule has 20 heavy (non-hydrogen) atoms. The molecule has 0 aliphatic rings. The maximum atomic E-state index is 14.0. The molecule has 2 aromatic rings. The average molecular weight is 342 g/mol. The molecule has 0 spiro atoms. The number of hydrogen-bond donors (Lipinski definition) is 2. The molecule has 0 aliphatic carbocycles. The largest absolute Gasteiger partial charge is 0.383 e. The van der Waals surface area contributed by atoms with Crippen molar-refractivity contribution < 1.29 is 13.9 Å². The second kappa shape index (κ2) is 5.99. The Morgan fingerprint density at radius 3 is 2.35 bits per heavy atom. The molecule has 0 radical (unpaired) electrons. The van der Waals surface area contributed by atoms with Crippen molar-refractivity contribution in [2.24, 2.45) is 5.73 Å². The van der Waals surface area contributed by atoms with Crippen molar-refractivity contribution in [1.82, 2.24) is 0 Å². The van der Waals surface area contributed by atoms with Crippen LogP contribution in [-0.4, -0.2) is 11.7 Å². The van der Waals surface area contributed by atoms with Crippen LogP contribution in [0.4, 0.5) is 8.78 Å². The van der Waals surface area contributed by atoms with Gasteiger partial charge in [0.05, 0.1) is 4.47 Å². The summed E-state index contributed by atoms with van der Waals surface area (Å²) < 4.78 is 28.0. The Bertz CT molecular complexity index is 606. The first-order valence-electron chi connectivity index (χ1n) is 6.08. The van der Waals surface area contributed by atoms with Gasteiger partial charge in [-0.05, 0) is 33.6 Å². The molecular formula is C15H14BrF2NO. The first-order chi connectivity index (χ1) is 9.48. The van der Waals surface area contributed by atoms with Crippen LogP contribution in [0.25, 0.3) is 0 Å². The Morgan fingerprint density at radius 2 is 1.75 bits per heavy atom. The highest BCUT2D eigenvalue weighted by molar-refractivity contribution is 9.10. The van der Waals surface area contributed by atoms with Crippen LogP contribution in [0.5, 0.6) is 0 Å². The molecule has 2 nitrogen and oxygen atoms in total. The van der Waals surface area contributed by atoms with Gasteiger partial charge < -0.3 is 10.8 Å². The molecule has 0 fully saturated rings. The van der Waals surface area contributed by atoms with Gasteiger partial charge >= 0.3 is 0 Å². The number of hydrogen-bond acceptors (Lipinski definition) is 2. The first-order valence-corrected chi connectivity index (χ1v) is 6.87. The molecule has 0 aromatic heterocycles. The van der Waals surface area contributed by atoms with E-state index in [1.165, 1.54) is 6.07 Å². The lowest BCUT2D eigenvalue weighted by atomic mass is 9.87. The molecule has 0 saturated carbocycles. The van der Waals surface area contributed by atoms with E-state index in [0.29, 0.717) is 5.56 Å². The molecule has 0 saturated heterocycles. The molecule has 0 amide bonds. The molecule has 2 rings (SSSR count). The third kappa shape index (κ3) is 2.90. The van der Waals surface area contributed by atoms with E-state index in [-0.39, 0.29) is 23.0 Å². The van der Waals surface area contributed by atoms with Crippen molar-refractivity contribution >= 4 is 15.9 Å². The standard InChI is InChI=1S/C15H14BrF2NO/c16-12-6-7-13(17)11(14(12)18)8-15(20,9-19)10-4-2-1-3-5-10/h1-7,20H,8-9,19H2. The summed E-state index contributed by atoms with van der Waals surface area (Å²) in [7, 11) is 0. The first kappa shape index (κ1) is 15.1. The summed E-state index contributed by atoms with van der Waals surface area (Å²) >= 11 is 3.01. The lowest BCUT2D eigenvalue weighted by Crippen LogP contribution is -2.37. The molecular weight excluding hydrogens is 328 g/mol. The van der Waals surface area contributed by atoms with Crippen LogP contribution in [-0.2, 0) is 12.0 Å². The van der Waals surface area contributed by atoms with Crippen LogP contribution in [0.1, 0.15) is 11.1 Å². The third-order valence-electron chi connectivity index (χ3n) is 3.26. The van der Waals surface area contributed by atoms with Gasteiger partial charge in [-0.15, -0.1) is 0 Å². The summed E-state index contributed by atoms with van der Waals surface area (Å²) in [6.07, 6.45) is -0.232. The van der Waals surface area contributed by atoms with Gasteiger partial charge in [-0.3, -0.25) is 0 Å². The Balaban J connectivity index is 2.44. The molecule has 2 aromatic carbocycles. The summed E-state index contributed by atoms with van der Waals surface area (Å²) in [5, 5.41) is 10.6. The summed E-state index contributed by atoms with van der Waals surface area (Å²) in [6.45, 7) is -0.137. The fraction of sp³-hybridized carbons (Fsp3) is 0.200. The van der Waals surface area contributed by atoms with Gasteiger partial charge in [-0.1, -0.05) is 30.3 Å². The van der Waals surface area contributed by atoms with Gasteiger partial charge in [0.2, 0.25) is 0 Å². The minimum Gasteiger partial charge on any atom is -0.383 e. The molecule has 1 unspecified atom stereocenters. The van der Waals surface area contributed by atoms with Crippen LogP contribution < -0.4 is 5.73 Å². The lowest BCUT2D eigenvalue weighted by molar-refractivity contribution is 0.0444. The molecule has 0 aliphatic heterocycles. The molecule has 1 atom stereocenters. The highest BCUT2D eigenvalue weighted by Crippen LogP contribution is 2.29. The van der Waals surface area contributed by atoms with E-state index in [1.807, 2.05) is 0 Å². The maximum Gasteiger partial charge on any atom is 0.143 e. The van der Waals surface area contributed by atoms with E-state index in [2.05, 4.69) is 15.9 Å². The van der Waals surface area contributed by atoms with Crippen LogP contribution in [0.15, 0.2) is 46.9 Å². The molecule has 5 heteroatoms. The van der Waals surface area contributed by atoms with Gasteiger partial charge in [0.15, 0.2) is 0 Å². The SMILES string of the molecule is NCC(O)(Cc1c(F)ccc(Br)c1F)c1ccccc1. The second-order valence-corrected chi connectivity index (χ2v) is 5.45. The van der Waals surface area contributed by atoms with Gasteiger partial charge in [0.1, 0.15) is 17.2 Å². The van der Waals surface area contributed by atoms with Crippen molar-refractivity contribution in [1.29, 1.82) is 0 Å². The minimum absolute atomic E-state index is 0.137. The van der Waals surface area contributed by atoms with Gasteiger partial charge in [-0.25, -0.2) is 8.78 Å². The van der Waals surface area contributed by atoms with E-state index in [9.17, 15) is 13.9 Å². The van der Waals surface area contributed by atoms with Crippen LogP contribution >= 0.6 is 15.9 Å². The zero-order chi connectivity index (χ0) is 14.8. The predicted octanol–water partition coefficient (Wildman–Crippen LogP) is 3.12. The van der Waals surface area contributed by atoms with Crippen molar-refractivity contribution in [3.8, 4) is 0 Å². The van der Waals surface area contributed by atoms with Crippen molar-refractivity contribution in [2.75, 3.05) is 6.54 Å². The van der Waals surface area contributed by atoms with Crippen LogP contribution in [0.2, 0.25) is 0 Å². The van der Waals surface area contributed by atoms with E-state index < -0.39 is 17.2 Å². The van der Waals surface area contributed by atoms with Crippen LogP contribution in [0, 0.1) is 11.6 Å². The fourth-order valence-electron chi connectivity index (χ4n) is 2.06. The number of nitrogens with two attached hydrogens (primary N) is 1. The smallest absolute Gasteiger partial charge is 0.143 e. The number of halogens is 3. The zero-order valence-electron chi connectivity index (χ0n) is 10.6. The van der Waals surface area contributed by atoms with Gasteiger partial charge in [0, 0.05) is 18.5 Å². The average Bonchev–Trinajstić information content (AvgIpc) is 2.48. The van der Waals surface area contributed by atoms with Gasteiger partial charge in [-0.2, -0.15) is 0 Å². The minimum atomic E-state index is -1.51. The molecule has 0 bridgehead atoms. The quantitative estimate of drug-likeness (QED) is 0.839. The Labute approximate surface area is 124 Å². The fourth-order valence-corrected chi connectivity index (χ4v) is 2.44. The zero-order valence-corrected chi connectivity index (χ0v) is 12.2. The molecule has 3 N–H and O–H groups in total.